The lowest BCUT2D eigenvalue weighted by Gasteiger charge is -2.31. The molecule has 0 radical (unpaired) electrons. The Morgan fingerprint density at radius 3 is 2.56 bits per heavy atom. The molecule has 0 aromatic heterocycles. The summed E-state index contributed by atoms with van der Waals surface area (Å²) < 4.78 is 46.6. The molecule has 6 atom stereocenters. The standard InChI is InChI=1S/C35H48N4O8S/c1-21(2)17-36-23(5)32-27-16-25(11-12-28(27)37-33(32)41)48(43,44)39(18-22(3)4)19-30(40)29(15-24-9-7-6-8-10-24)38-35(42)47-31-20-46-34-26(31)13-14-45-34/h6-12,16,21-22,26,29-32,34,40H,13-15,17-20H2,1-5H3,(H,37,41)(H,38,42). The molecule has 5 rings (SSSR count). The second-order valence-electron chi connectivity index (χ2n) is 13.7. The minimum atomic E-state index is -4.15. The maximum Gasteiger partial charge on any atom is 0.407 e. The van der Waals surface area contributed by atoms with Crippen LogP contribution < -0.4 is 10.6 Å². The van der Waals surface area contributed by atoms with Gasteiger partial charge in [-0.1, -0.05) is 58.0 Å². The van der Waals surface area contributed by atoms with Crippen molar-refractivity contribution < 1.29 is 37.3 Å². The molecule has 3 aliphatic rings. The van der Waals surface area contributed by atoms with Gasteiger partial charge in [-0.25, -0.2) is 13.2 Å². The SMILES string of the molecule is CC(=NCC(C)C)C1C(=O)Nc2ccc(S(=O)(=O)N(CC(C)C)CC(O)C(Cc3ccccc3)NC(=O)OC3COC4OCCC34)cc21. The van der Waals surface area contributed by atoms with E-state index in [0.717, 1.165) is 12.0 Å². The number of sulfonamides is 1. The quantitative estimate of drug-likeness (QED) is 0.253. The number of hydrogen-bond donors (Lipinski definition) is 3. The van der Waals surface area contributed by atoms with Crippen molar-refractivity contribution in [2.75, 3.05) is 38.2 Å². The fourth-order valence-corrected chi connectivity index (χ4v) is 8.07. The lowest BCUT2D eigenvalue weighted by atomic mass is 9.96. The molecule has 3 N–H and O–H groups in total. The van der Waals surface area contributed by atoms with Crippen LogP contribution in [0.25, 0.3) is 0 Å². The van der Waals surface area contributed by atoms with E-state index >= 15 is 0 Å². The average molecular weight is 685 g/mol. The number of amides is 2. The summed E-state index contributed by atoms with van der Waals surface area (Å²) in [4.78, 5) is 30.7. The highest BCUT2D eigenvalue weighted by atomic mass is 32.2. The van der Waals surface area contributed by atoms with Gasteiger partial charge in [0, 0.05) is 31.0 Å². The highest BCUT2D eigenvalue weighted by molar-refractivity contribution is 7.89. The van der Waals surface area contributed by atoms with Gasteiger partial charge < -0.3 is 30.0 Å². The summed E-state index contributed by atoms with van der Waals surface area (Å²) in [7, 11) is -4.15. The molecule has 3 heterocycles. The molecule has 0 aliphatic carbocycles. The Morgan fingerprint density at radius 1 is 1.10 bits per heavy atom. The number of benzene rings is 2. The number of carbonyl (C=O) groups excluding carboxylic acids is 2. The van der Waals surface area contributed by atoms with Crippen molar-refractivity contribution in [3.05, 3.63) is 59.7 Å². The second kappa shape index (κ2) is 15.5. The third kappa shape index (κ3) is 8.43. The number of aliphatic imine (C=N–C) groups is 1. The number of aliphatic hydroxyl groups excluding tert-OH is 1. The van der Waals surface area contributed by atoms with Gasteiger partial charge in [-0.05, 0) is 60.9 Å². The van der Waals surface area contributed by atoms with Crippen molar-refractivity contribution in [1.29, 1.82) is 0 Å². The second-order valence-corrected chi connectivity index (χ2v) is 15.7. The smallest absolute Gasteiger partial charge is 0.407 e. The maximum absolute atomic E-state index is 14.3. The summed E-state index contributed by atoms with van der Waals surface area (Å²) >= 11 is 0. The van der Waals surface area contributed by atoms with Crippen LogP contribution in [0.1, 0.15) is 58.1 Å². The van der Waals surface area contributed by atoms with Crippen LogP contribution in [-0.2, 0) is 35.4 Å². The number of nitrogens with zero attached hydrogens (tertiary/aromatic N) is 2. The van der Waals surface area contributed by atoms with Crippen LogP contribution in [0, 0.1) is 17.8 Å². The fourth-order valence-electron chi connectivity index (χ4n) is 6.42. The van der Waals surface area contributed by atoms with Crippen molar-refractivity contribution >= 4 is 33.4 Å². The zero-order chi connectivity index (χ0) is 34.6. The third-order valence-electron chi connectivity index (χ3n) is 8.88. The summed E-state index contributed by atoms with van der Waals surface area (Å²) in [5.41, 5.74) is 2.57. The Balaban J connectivity index is 1.37. The number of alkyl carbamates (subject to hydrolysis) is 1. The molecule has 2 aromatic rings. The highest BCUT2D eigenvalue weighted by Crippen LogP contribution is 2.36. The molecule has 262 valence electrons. The topological polar surface area (TPSA) is 156 Å². The number of nitrogens with one attached hydrogen (secondary N) is 2. The Bertz CT molecular complexity index is 1580. The Morgan fingerprint density at radius 2 is 1.85 bits per heavy atom. The number of anilines is 1. The predicted molar refractivity (Wildman–Crippen MR) is 181 cm³/mol. The van der Waals surface area contributed by atoms with E-state index in [9.17, 15) is 23.1 Å². The van der Waals surface area contributed by atoms with E-state index in [2.05, 4.69) is 15.6 Å². The maximum atomic E-state index is 14.3. The van der Waals surface area contributed by atoms with Gasteiger partial charge >= 0.3 is 6.09 Å². The summed E-state index contributed by atoms with van der Waals surface area (Å²) in [6, 6.07) is 13.1. The molecule has 6 unspecified atom stereocenters. The lowest BCUT2D eigenvalue weighted by Crippen LogP contribution is -2.51. The molecule has 3 aliphatic heterocycles. The van der Waals surface area contributed by atoms with Gasteiger partial charge in [-0.3, -0.25) is 9.79 Å². The molecule has 2 saturated heterocycles. The van der Waals surface area contributed by atoms with Gasteiger partial charge in [0.05, 0.1) is 36.2 Å². The monoisotopic (exact) mass is 684 g/mol. The van der Waals surface area contributed by atoms with Crippen molar-refractivity contribution in [3.63, 3.8) is 0 Å². The van der Waals surface area contributed by atoms with Crippen LogP contribution in [0.4, 0.5) is 10.5 Å². The van der Waals surface area contributed by atoms with Crippen LogP contribution in [-0.4, -0.2) is 92.9 Å². The number of carbonyl (C=O) groups is 2. The minimum Gasteiger partial charge on any atom is -0.443 e. The van der Waals surface area contributed by atoms with Crippen LogP contribution in [0.5, 0.6) is 0 Å². The molecule has 2 amide bonds. The van der Waals surface area contributed by atoms with Crippen LogP contribution in [0.3, 0.4) is 0 Å². The van der Waals surface area contributed by atoms with Crippen LogP contribution in [0.15, 0.2) is 58.4 Å². The molecule has 0 spiro atoms. The minimum absolute atomic E-state index is 0.00816. The van der Waals surface area contributed by atoms with E-state index in [-0.39, 0.29) is 55.0 Å². The zero-order valence-electron chi connectivity index (χ0n) is 28.3. The normalized spacial score (nSPS) is 23.7. The molecule has 0 bridgehead atoms. The molecular formula is C35H48N4O8S. The van der Waals surface area contributed by atoms with E-state index in [1.807, 2.05) is 58.0 Å². The molecule has 13 heteroatoms. The number of rotatable bonds is 14. The van der Waals surface area contributed by atoms with Crippen LogP contribution >= 0.6 is 0 Å². The van der Waals surface area contributed by atoms with E-state index in [1.54, 1.807) is 13.0 Å². The van der Waals surface area contributed by atoms with Gasteiger partial charge in [-0.15, -0.1) is 0 Å². The fraction of sp³-hybridized carbons (Fsp3) is 0.571. The first kappa shape index (κ1) is 35.9. The molecule has 2 fully saturated rings. The zero-order valence-corrected chi connectivity index (χ0v) is 29.1. The number of ether oxygens (including phenoxy) is 3. The number of fused-ring (bicyclic) bond motifs is 2. The molecular weight excluding hydrogens is 636 g/mol. The first-order chi connectivity index (χ1) is 22.8. The van der Waals surface area contributed by atoms with E-state index < -0.39 is 40.3 Å². The van der Waals surface area contributed by atoms with E-state index in [1.165, 1.54) is 16.4 Å². The largest absolute Gasteiger partial charge is 0.443 e. The van der Waals surface area contributed by atoms with Crippen molar-refractivity contribution in [2.24, 2.45) is 22.7 Å². The summed E-state index contributed by atoms with van der Waals surface area (Å²) in [5, 5.41) is 17.3. The Kier molecular flexibility index (Phi) is 11.6. The van der Waals surface area contributed by atoms with Gasteiger partial charge in [0.25, 0.3) is 0 Å². The van der Waals surface area contributed by atoms with Crippen molar-refractivity contribution in [3.8, 4) is 0 Å². The predicted octanol–water partition coefficient (Wildman–Crippen LogP) is 3.95. The number of aliphatic hydroxyl groups is 1. The summed E-state index contributed by atoms with van der Waals surface area (Å²) in [6.07, 6.45) is -1.91. The summed E-state index contributed by atoms with van der Waals surface area (Å²) in [6.45, 7) is 10.8. The van der Waals surface area contributed by atoms with Gasteiger partial charge in [0.2, 0.25) is 15.9 Å². The third-order valence-corrected chi connectivity index (χ3v) is 10.7. The lowest BCUT2D eigenvalue weighted by molar-refractivity contribution is -0.115. The molecule has 0 saturated carbocycles. The number of hydrogen-bond acceptors (Lipinski definition) is 9. The molecule has 48 heavy (non-hydrogen) atoms. The first-order valence-electron chi connectivity index (χ1n) is 16.7. The van der Waals surface area contributed by atoms with Gasteiger partial charge in [0.15, 0.2) is 6.29 Å². The molecule has 2 aromatic carbocycles. The first-order valence-corrected chi connectivity index (χ1v) is 18.2. The van der Waals surface area contributed by atoms with Gasteiger partial charge in [0.1, 0.15) is 12.0 Å². The van der Waals surface area contributed by atoms with Crippen molar-refractivity contribution in [1.82, 2.24) is 9.62 Å². The van der Waals surface area contributed by atoms with E-state index in [0.29, 0.717) is 36.0 Å². The van der Waals surface area contributed by atoms with Gasteiger partial charge in [-0.2, -0.15) is 4.31 Å². The average Bonchev–Trinajstić information content (AvgIpc) is 3.74. The van der Waals surface area contributed by atoms with E-state index in [4.69, 9.17) is 14.2 Å². The highest BCUT2D eigenvalue weighted by Gasteiger charge is 2.44. The Hall–Kier alpha value is -3.36. The van der Waals surface area contributed by atoms with Crippen molar-refractivity contribution in [2.45, 2.75) is 82.8 Å². The molecule has 12 nitrogen and oxygen atoms in total. The summed E-state index contributed by atoms with van der Waals surface area (Å²) in [5.74, 6) is -0.764. The van der Waals surface area contributed by atoms with Crippen LogP contribution in [0.2, 0.25) is 0 Å². The Labute approximate surface area is 283 Å².